The lowest BCUT2D eigenvalue weighted by Gasteiger charge is -2.29. The zero-order chi connectivity index (χ0) is 15.3. The Bertz CT molecular complexity index is 376. The van der Waals surface area contributed by atoms with Gasteiger partial charge in [-0.05, 0) is 29.9 Å². The van der Waals surface area contributed by atoms with Gasteiger partial charge in [0.25, 0.3) is 0 Å². The highest BCUT2D eigenvalue weighted by Gasteiger charge is 2.40. The standard InChI is InChI=1S/C16H24F3N/c1-11(2)14(12(3)4)10-20-15(16(17,18)19)13-8-6-5-7-9-13/h5-9,11-12,14-15,20H,10H2,1-4H3. The third kappa shape index (κ3) is 4.82. The topological polar surface area (TPSA) is 12.0 Å². The van der Waals surface area contributed by atoms with Crippen molar-refractivity contribution in [3.8, 4) is 0 Å². The molecule has 0 bridgehead atoms. The van der Waals surface area contributed by atoms with Crippen LogP contribution in [-0.2, 0) is 0 Å². The summed E-state index contributed by atoms with van der Waals surface area (Å²) in [5, 5.41) is 2.71. The molecule has 20 heavy (non-hydrogen) atoms. The number of rotatable bonds is 6. The van der Waals surface area contributed by atoms with Gasteiger partial charge >= 0.3 is 6.18 Å². The average Bonchev–Trinajstić information content (AvgIpc) is 2.33. The molecule has 1 aromatic carbocycles. The predicted molar refractivity (Wildman–Crippen MR) is 76.4 cm³/mol. The fraction of sp³-hybridized carbons (Fsp3) is 0.625. The molecule has 0 spiro atoms. The van der Waals surface area contributed by atoms with Crippen LogP contribution in [0.1, 0.15) is 39.3 Å². The summed E-state index contributed by atoms with van der Waals surface area (Å²) in [7, 11) is 0. The Morgan fingerprint density at radius 1 is 0.950 bits per heavy atom. The summed E-state index contributed by atoms with van der Waals surface area (Å²) in [5.41, 5.74) is 0.270. The number of hydrogen-bond donors (Lipinski definition) is 1. The van der Waals surface area contributed by atoms with Gasteiger partial charge in [-0.25, -0.2) is 0 Å². The quantitative estimate of drug-likeness (QED) is 0.792. The van der Waals surface area contributed by atoms with Gasteiger partial charge in [0.1, 0.15) is 6.04 Å². The first-order valence-electron chi connectivity index (χ1n) is 7.08. The van der Waals surface area contributed by atoms with Crippen LogP contribution in [0.2, 0.25) is 0 Å². The molecule has 1 aromatic rings. The van der Waals surface area contributed by atoms with Crippen LogP contribution in [-0.4, -0.2) is 12.7 Å². The van der Waals surface area contributed by atoms with Crippen LogP contribution in [0.3, 0.4) is 0 Å². The normalized spacial score (nSPS) is 14.3. The van der Waals surface area contributed by atoms with Gasteiger partial charge in [-0.3, -0.25) is 0 Å². The maximum absolute atomic E-state index is 13.2. The molecule has 1 atom stereocenters. The highest BCUT2D eigenvalue weighted by Crippen LogP contribution is 2.33. The van der Waals surface area contributed by atoms with E-state index in [2.05, 4.69) is 33.0 Å². The zero-order valence-electron chi connectivity index (χ0n) is 12.5. The number of nitrogens with one attached hydrogen (secondary N) is 1. The molecule has 0 heterocycles. The maximum Gasteiger partial charge on any atom is 0.407 e. The summed E-state index contributed by atoms with van der Waals surface area (Å²) >= 11 is 0. The van der Waals surface area contributed by atoms with Gasteiger partial charge in [-0.1, -0.05) is 58.0 Å². The molecule has 0 aromatic heterocycles. The first-order valence-corrected chi connectivity index (χ1v) is 7.08. The molecular weight excluding hydrogens is 263 g/mol. The summed E-state index contributed by atoms with van der Waals surface area (Å²) in [6, 6.07) is 6.44. The van der Waals surface area contributed by atoms with E-state index < -0.39 is 12.2 Å². The zero-order valence-corrected chi connectivity index (χ0v) is 12.5. The lowest BCUT2D eigenvalue weighted by atomic mass is 9.85. The van der Waals surface area contributed by atoms with E-state index in [1.807, 2.05) is 0 Å². The number of halogens is 3. The Morgan fingerprint density at radius 2 is 1.45 bits per heavy atom. The average molecular weight is 287 g/mol. The summed E-state index contributed by atoms with van der Waals surface area (Å²) in [6.07, 6.45) is -4.28. The van der Waals surface area contributed by atoms with Gasteiger partial charge in [0.2, 0.25) is 0 Å². The molecule has 0 saturated carbocycles. The Labute approximate surface area is 119 Å². The van der Waals surface area contributed by atoms with E-state index in [1.165, 1.54) is 12.1 Å². The van der Waals surface area contributed by atoms with Gasteiger partial charge in [0.15, 0.2) is 0 Å². The third-order valence-electron chi connectivity index (χ3n) is 3.73. The minimum Gasteiger partial charge on any atom is -0.302 e. The van der Waals surface area contributed by atoms with Crippen LogP contribution >= 0.6 is 0 Å². The minimum atomic E-state index is -4.28. The third-order valence-corrected chi connectivity index (χ3v) is 3.73. The minimum absolute atomic E-state index is 0.226. The van der Waals surface area contributed by atoms with E-state index in [1.54, 1.807) is 18.2 Å². The second kappa shape index (κ2) is 7.11. The van der Waals surface area contributed by atoms with Gasteiger partial charge in [0, 0.05) is 0 Å². The maximum atomic E-state index is 13.2. The van der Waals surface area contributed by atoms with Crippen molar-refractivity contribution in [2.24, 2.45) is 17.8 Å². The molecule has 0 aliphatic rings. The van der Waals surface area contributed by atoms with Crippen LogP contribution in [0.4, 0.5) is 13.2 Å². The molecule has 1 nitrogen and oxygen atoms in total. The van der Waals surface area contributed by atoms with Gasteiger partial charge < -0.3 is 5.32 Å². The number of benzene rings is 1. The second-order valence-corrected chi connectivity index (χ2v) is 5.95. The van der Waals surface area contributed by atoms with Crippen LogP contribution < -0.4 is 5.32 Å². The molecule has 0 amide bonds. The number of hydrogen-bond acceptors (Lipinski definition) is 1. The smallest absolute Gasteiger partial charge is 0.302 e. The SMILES string of the molecule is CC(C)C(CNC(c1ccccc1)C(F)(F)F)C(C)C. The lowest BCUT2D eigenvalue weighted by molar-refractivity contribution is -0.158. The first kappa shape index (κ1) is 17.0. The summed E-state index contributed by atoms with van der Waals surface area (Å²) < 4.78 is 39.6. The number of alkyl halides is 3. The molecule has 0 radical (unpaired) electrons. The Morgan fingerprint density at radius 3 is 1.85 bits per heavy atom. The fourth-order valence-electron chi connectivity index (χ4n) is 2.56. The Balaban J connectivity index is 2.82. The van der Waals surface area contributed by atoms with Crippen molar-refractivity contribution in [3.63, 3.8) is 0 Å². The molecule has 4 heteroatoms. The van der Waals surface area contributed by atoms with Crippen molar-refractivity contribution in [2.45, 2.75) is 39.9 Å². The van der Waals surface area contributed by atoms with Crippen molar-refractivity contribution in [3.05, 3.63) is 35.9 Å². The van der Waals surface area contributed by atoms with Crippen molar-refractivity contribution in [2.75, 3.05) is 6.54 Å². The largest absolute Gasteiger partial charge is 0.407 e. The van der Waals surface area contributed by atoms with Crippen molar-refractivity contribution < 1.29 is 13.2 Å². The summed E-state index contributed by atoms with van der Waals surface area (Å²) in [6.45, 7) is 8.58. The molecule has 0 saturated heterocycles. The molecule has 0 fully saturated rings. The Hall–Kier alpha value is -1.03. The van der Waals surface area contributed by atoms with Crippen molar-refractivity contribution in [1.29, 1.82) is 0 Å². The molecule has 1 unspecified atom stereocenters. The van der Waals surface area contributed by atoms with Gasteiger partial charge in [-0.15, -0.1) is 0 Å². The second-order valence-electron chi connectivity index (χ2n) is 5.95. The monoisotopic (exact) mass is 287 g/mol. The highest BCUT2D eigenvalue weighted by molar-refractivity contribution is 5.20. The predicted octanol–water partition coefficient (Wildman–Crippen LogP) is 4.81. The summed E-state index contributed by atoms with van der Waals surface area (Å²) in [4.78, 5) is 0. The van der Waals surface area contributed by atoms with E-state index in [0.717, 1.165) is 0 Å². The van der Waals surface area contributed by atoms with Crippen molar-refractivity contribution >= 4 is 0 Å². The highest BCUT2D eigenvalue weighted by atomic mass is 19.4. The van der Waals surface area contributed by atoms with Crippen LogP contribution in [0, 0.1) is 17.8 Å². The summed E-state index contributed by atoms with van der Waals surface area (Å²) in [5.74, 6) is 0.933. The lowest BCUT2D eigenvalue weighted by Crippen LogP contribution is -2.39. The molecule has 0 aliphatic heterocycles. The van der Waals surface area contributed by atoms with Crippen LogP contribution in [0.5, 0.6) is 0 Å². The van der Waals surface area contributed by atoms with Gasteiger partial charge in [-0.2, -0.15) is 13.2 Å². The molecular formula is C16H24F3N. The first-order chi connectivity index (χ1) is 9.23. The molecule has 1 N–H and O–H groups in total. The fourth-order valence-corrected chi connectivity index (χ4v) is 2.56. The van der Waals surface area contributed by atoms with E-state index in [9.17, 15) is 13.2 Å². The van der Waals surface area contributed by atoms with Crippen LogP contribution in [0.15, 0.2) is 30.3 Å². The van der Waals surface area contributed by atoms with E-state index >= 15 is 0 Å². The molecule has 114 valence electrons. The van der Waals surface area contributed by atoms with E-state index in [-0.39, 0.29) is 11.5 Å². The van der Waals surface area contributed by atoms with E-state index in [4.69, 9.17) is 0 Å². The molecule has 1 rings (SSSR count). The Kier molecular flexibility index (Phi) is 6.06. The molecule has 0 aliphatic carbocycles. The van der Waals surface area contributed by atoms with Crippen molar-refractivity contribution in [1.82, 2.24) is 5.32 Å². The van der Waals surface area contributed by atoms with Crippen LogP contribution in [0.25, 0.3) is 0 Å². The van der Waals surface area contributed by atoms with Gasteiger partial charge in [0.05, 0.1) is 0 Å². The van der Waals surface area contributed by atoms with E-state index in [0.29, 0.717) is 18.4 Å².